The number of aromatic nitrogens is 2. The summed E-state index contributed by atoms with van der Waals surface area (Å²) in [5.41, 5.74) is 2.06. The number of para-hydroxylation sites is 1. The number of hydrogen-bond donors (Lipinski definition) is 1. The largest absolute Gasteiger partial charge is 0.454 e. The summed E-state index contributed by atoms with van der Waals surface area (Å²) in [5, 5.41) is 6.20. The lowest BCUT2D eigenvalue weighted by atomic mass is 10.2. The van der Waals surface area contributed by atoms with Gasteiger partial charge >= 0.3 is 0 Å². The Kier molecular flexibility index (Phi) is 3.36. The fraction of sp³-hybridized carbons (Fsp3) is 0. The molecule has 1 amide bonds. The van der Waals surface area contributed by atoms with Crippen LogP contribution in [0.5, 0.6) is 0 Å². The molecular formula is C17H11N3O2S. The molecule has 0 unspecified atom stereocenters. The zero-order chi connectivity index (χ0) is 15.6. The molecule has 0 fully saturated rings. The van der Waals surface area contributed by atoms with Crippen LogP contribution in [-0.2, 0) is 0 Å². The first-order chi connectivity index (χ1) is 11.3. The van der Waals surface area contributed by atoms with Crippen LogP contribution in [0.15, 0.2) is 64.7 Å². The van der Waals surface area contributed by atoms with E-state index in [1.807, 2.05) is 35.7 Å². The summed E-state index contributed by atoms with van der Waals surface area (Å²) in [6, 6.07) is 13.0. The van der Waals surface area contributed by atoms with Crippen LogP contribution in [0, 0.1) is 0 Å². The van der Waals surface area contributed by atoms with Crippen LogP contribution in [0.3, 0.4) is 0 Å². The van der Waals surface area contributed by atoms with Crippen molar-refractivity contribution in [3.05, 3.63) is 65.8 Å². The number of pyridine rings is 1. The third-order valence-corrected chi connectivity index (χ3v) is 4.10. The minimum atomic E-state index is -0.210. The van der Waals surface area contributed by atoms with E-state index in [0.717, 1.165) is 11.0 Å². The number of fused-ring (bicyclic) bond motifs is 1. The fourth-order valence-electron chi connectivity index (χ4n) is 2.23. The average Bonchev–Trinajstić information content (AvgIpc) is 3.21. The summed E-state index contributed by atoms with van der Waals surface area (Å²) < 4.78 is 5.78. The lowest BCUT2D eigenvalue weighted by molar-refractivity contribution is 0.102. The Morgan fingerprint density at radius 3 is 2.78 bits per heavy atom. The predicted octanol–water partition coefficient (Wildman–Crippen LogP) is 4.20. The lowest BCUT2D eigenvalue weighted by Crippen LogP contribution is -2.11. The molecular weight excluding hydrogens is 310 g/mol. The van der Waals surface area contributed by atoms with Crippen LogP contribution >= 0.6 is 11.3 Å². The van der Waals surface area contributed by atoms with Crippen molar-refractivity contribution < 1.29 is 9.21 Å². The van der Waals surface area contributed by atoms with Crippen LogP contribution in [0.4, 0.5) is 5.13 Å². The summed E-state index contributed by atoms with van der Waals surface area (Å²) in [7, 11) is 0. The van der Waals surface area contributed by atoms with E-state index in [1.165, 1.54) is 11.3 Å². The Balaban J connectivity index is 1.58. The van der Waals surface area contributed by atoms with E-state index >= 15 is 0 Å². The van der Waals surface area contributed by atoms with Crippen LogP contribution in [0.25, 0.3) is 22.4 Å². The molecule has 0 spiro atoms. The quantitative estimate of drug-likeness (QED) is 0.614. The van der Waals surface area contributed by atoms with Gasteiger partial charge in [-0.15, -0.1) is 11.3 Å². The van der Waals surface area contributed by atoms with Gasteiger partial charge in [0.2, 0.25) is 0 Å². The zero-order valence-corrected chi connectivity index (χ0v) is 12.7. The normalized spacial score (nSPS) is 10.8. The first-order valence-electron chi connectivity index (χ1n) is 6.95. The van der Waals surface area contributed by atoms with Crippen molar-refractivity contribution >= 4 is 33.3 Å². The summed E-state index contributed by atoms with van der Waals surface area (Å²) in [6.45, 7) is 0. The monoisotopic (exact) mass is 321 g/mol. The molecule has 0 aliphatic carbocycles. The van der Waals surface area contributed by atoms with Gasteiger partial charge in [-0.05, 0) is 24.3 Å². The van der Waals surface area contributed by atoms with Gasteiger partial charge in [-0.2, -0.15) is 0 Å². The van der Waals surface area contributed by atoms with E-state index in [0.29, 0.717) is 22.1 Å². The van der Waals surface area contributed by atoms with Gasteiger partial charge < -0.3 is 4.42 Å². The molecule has 0 saturated heterocycles. The van der Waals surface area contributed by atoms with Crippen molar-refractivity contribution in [2.45, 2.75) is 0 Å². The average molecular weight is 321 g/mol. The molecule has 0 radical (unpaired) electrons. The van der Waals surface area contributed by atoms with E-state index in [4.69, 9.17) is 4.42 Å². The van der Waals surface area contributed by atoms with E-state index < -0.39 is 0 Å². The molecule has 4 aromatic rings. The Morgan fingerprint density at radius 2 is 1.96 bits per heavy atom. The number of nitrogens with zero attached hydrogens (tertiary/aromatic N) is 2. The molecule has 0 atom stereocenters. The van der Waals surface area contributed by atoms with Crippen molar-refractivity contribution in [1.82, 2.24) is 9.97 Å². The van der Waals surface area contributed by atoms with E-state index in [1.54, 1.807) is 24.5 Å². The number of furan rings is 1. The molecule has 6 heteroatoms. The second kappa shape index (κ2) is 5.66. The number of amides is 1. The number of hydrogen-bond acceptors (Lipinski definition) is 5. The topological polar surface area (TPSA) is 68.0 Å². The van der Waals surface area contributed by atoms with Crippen LogP contribution in [0.2, 0.25) is 0 Å². The van der Waals surface area contributed by atoms with Crippen molar-refractivity contribution in [3.63, 3.8) is 0 Å². The van der Waals surface area contributed by atoms with Gasteiger partial charge in [0, 0.05) is 28.7 Å². The molecule has 3 aromatic heterocycles. The highest BCUT2D eigenvalue weighted by molar-refractivity contribution is 7.14. The maximum atomic E-state index is 12.1. The van der Waals surface area contributed by atoms with Crippen LogP contribution < -0.4 is 5.32 Å². The van der Waals surface area contributed by atoms with Gasteiger partial charge in [0.1, 0.15) is 11.3 Å². The lowest BCUT2D eigenvalue weighted by Gasteiger charge is -2.00. The van der Waals surface area contributed by atoms with Gasteiger partial charge in [0.05, 0.1) is 0 Å². The number of carbonyl (C=O) groups excluding carboxylic acids is 1. The molecule has 5 nitrogen and oxygen atoms in total. The van der Waals surface area contributed by atoms with Gasteiger partial charge in [0.25, 0.3) is 5.91 Å². The zero-order valence-electron chi connectivity index (χ0n) is 11.9. The maximum Gasteiger partial charge on any atom is 0.257 e. The van der Waals surface area contributed by atoms with Crippen molar-refractivity contribution in [3.8, 4) is 11.5 Å². The van der Waals surface area contributed by atoms with Crippen molar-refractivity contribution in [2.75, 3.05) is 5.32 Å². The first-order valence-corrected chi connectivity index (χ1v) is 7.83. The molecule has 23 heavy (non-hydrogen) atoms. The fourth-order valence-corrected chi connectivity index (χ4v) is 2.92. The summed E-state index contributed by atoms with van der Waals surface area (Å²) >= 11 is 1.36. The third-order valence-electron chi connectivity index (χ3n) is 3.35. The number of carbonyl (C=O) groups is 1. The number of anilines is 1. The maximum absolute atomic E-state index is 12.1. The second-order valence-electron chi connectivity index (χ2n) is 4.88. The van der Waals surface area contributed by atoms with Crippen LogP contribution in [-0.4, -0.2) is 15.9 Å². The van der Waals surface area contributed by atoms with Crippen molar-refractivity contribution in [1.29, 1.82) is 0 Å². The van der Waals surface area contributed by atoms with Gasteiger partial charge in [-0.3, -0.25) is 15.1 Å². The summed E-state index contributed by atoms with van der Waals surface area (Å²) in [6.07, 6.45) is 3.16. The molecule has 0 saturated carbocycles. The molecule has 112 valence electrons. The Bertz CT molecular complexity index is 943. The van der Waals surface area contributed by atoms with E-state index in [9.17, 15) is 4.79 Å². The van der Waals surface area contributed by atoms with E-state index in [2.05, 4.69) is 15.3 Å². The summed E-state index contributed by atoms with van der Waals surface area (Å²) in [5.74, 6) is 0.477. The Morgan fingerprint density at radius 1 is 1.13 bits per heavy atom. The molecule has 0 bridgehead atoms. The predicted molar refractivity (Wildman–Crippen MR) is 89.5 cm³/mol. The van der Waals surface area contributed by atoms with Crippen LogP contribution in [0.1, 0.15) is 10.4 Å². The SMILES string of the molecule is O=C(Nc1nc(-c2cc3ccccc3o2)cs1)c1ccncc1. The van der Waals surface area contributed by atoms with Gasteiger partial charge in [-0.1, -0.05) is 18.2 Å². The highest BCUT2D eigenvalue weighted by Gasteiger charge is 2.12. The summed E-state index contributed by atoms with van der Waals surface area (Å²) in [4.78, 5) is 20.4. The second-order valence-corrected chi connectivity index (χ2v) is 5.73. The van der Waals surface area contributed by atoms with Crippen molar-refractivity contribution in [2.24, 2.45) is 0 Å². The number of rotatable bonds is 3. The van der Waals surface area contributed by atoms with Gasteiger partial charge in [-0.25, -0.2) is 4.98 Å². The molecule has 3 heterocycles. The number of benzene rings is 1. The van der Waals surface area contributed by atoms with Gasteiger partial charge in [0.15, 0.2) is 10.9 Å². The van der Waals surface area contributed by atoms with E-state index in [-0.39, 0.29) is 5.91 Å². The standard InChI is InChI=1S/C17H11N3O2S/c21-16(11-5-7-18-8-6-11)20-17-19-13(10-23-17)15-9-12-3-1-2-4-14(12)22-15/h1-10H,(H,19,20,21). The molecule has 1 N–H and O–H groups in total. The molecule has 1 aromatic carbocycles. The highest BCUT2D eigenvalue weighted by Crippen LogP contribution is 2.30. The highest BCUT2D eigenvalue weighted by atomic mass is 32.1. The molecule has 0 aliphatic rings. The molecule has 4 rings (SSSR count). The number of nitrogens with one attached hydrogen (secondary N) is 1. The first kappa shape index (κ1) is 13.7. The Hall–Kier alpha value is -2.99. The smallest absolute Gasteiger partial charge is 0.257 e. The minimum Gasteiger partial charge on any atom is -0.454 e. The third kappa shape index (κ3) is 2.72. The number of thiazole rings is 1. The Labute approximate surface area is 135 Å². The minimum absolute atomic E-state index is 0.210. The molecule has 0 aliphatic heterocycles.